The first-order chi connectivity index (χ1) is 15.5. The monoisotopic (exact) mass is 470 g/mol. The SMILES string of the molecule is O=c1ccc(-c2ccc(S(=O)(=O)N3CCC(CN4CCc5ccccc5C4)CC3)s2)n[nH]1. The van der Waals surface area contributed by atoms with E-state index in [0.717, 1.165) is 43.8 Å². The number of thiophene rings is 1. The van der Waals surface area contributed by atoms with Gasteiger partial charge in [-0.05, 0) is 54.5 Å². The zero-order chi connectivity index (χ0) is 22.1. The molecule has 0 bridgehead atoms. The Kier molecular flexibility index (Phi) is 5.98. The molecule has 0 radical (unpaired) electrons. The fourth-order valence-corrected chi connectivity index (χ4v) is 7.51. The van der Waals surface area contributed by atoms with Gasteiger partial charge < -0.3 is 0 Å². The Bertz CT molecular complexity index is 1240. The second-order valence-corrected chi connectivity index (χ2v) is 11.8. The van der Waals surface area contributed by atoms with E-state index in [1.165, 1.54) is 28.5 Å². The van der Waals surface area contributed by atoms with E-state index in [4.69, 9.17) is 0 Å². The fraction of sp³-hybridized carbons (Fsp3) is 0.391. The molecule has 1 aromatic carbocycles. The molecule has 0 saturated carbocycles. The highest BCUT2D eigenvalue weighted by molar-refractivity contribution is 7.91. The average molecular weight is 471 g/mol. The Morgan fingerprint density at radius 2 is 1.78 bits per heavy atom. The molecular formula is C23H26N4O3S2. The summed E-state index contributed by atoms with van der Waals surface area (Å²) in [7, 11) is -3.52. The lowest BCUT2D eigenvalue weighted by molar-refractivity contribution is 0.171. The van der Waals surface area contributed by atoms with Crippen LogP contribution in [0, 0.1) is 5.92 Å². The molecule has 1 N–H and O–H groups in total. The second kappa shape index (κ2) is 8.90. The zero-order valence-electron chi connectivity index (χ0n) is 17.7. The summed E-state index contributed by atoms with van der Waals surface area (Å²) in [5, 5.41) is 6.39. The van der Waals surface area contributed by atoms with E-state index >= 15 is 0 Å². The molecule has 1 fully saturated rings. The maximum absolute atomic E-state index is 13.2. The third-order valence-electron chi connectivity index (χ3n) is 6.41. The molecule has 2 aliphatic heterocycles. The van der Waals surface area contributed by atoms with Gasteiger partial charge in [0.1, 0.15) is 9.90 Å². The smallest absolute Gasteiger partial charge is 0.264 e. The van der Waals surface area contributed by atoms with Crippen LogP contribution in [0.4, 0.5) is 0 Å². The number of piperidine rings is 1. The number of aromatic nitrogens is 2. The van der Waals surface area contributed by atoms with Crippen molar-refractivity contribution in [2.24, 2.45) is 5.92 Å². The molecular weight excluding hydrogens is 444 g/mol. The van der Waals surface area contributed by atoms with E-state index in [-0.39, 0.29) is 5.56 Å². The van der Waals surface area contributed by atoms with Gasteiger partial charge in [0, 0.05) is 38.8 Å². The number of rotatable bonds is 5. The summed E-state index contributed by atoms with van der Waals surface area (Å²) >= 11 is 1.19. The molecule has 9 heteroatoms. The normalized spacial score (nSPS) is 18.5. The Balaban J connectivity index is 1.20. The van der Waals surface area contributed by atoms with Crippen molar-refractivity contribution in [1.29, 1.82) is 0 Å². The van der Waals surface area contributed by atoms with Gasteiger partial charge >= 0.3 is 0 Å². The maximum atomic E-state index is 13.2. The van der Waals surface area contributed by atoms with Gasteiger partial charge in [0.2, 0.25) is 0 Å². The number of sulfonamides is 1. The summed E-state index contributed by atoms with van der Waals surface area (Å²) in [4.78, 5) is 14.4. The van der Waals surface area contributed by atoms with Crippen LogP contribution in [0.25, 0.3) is 10.6 Å². The van der Waals surface area contributed by atoms with Gasteiger partial charge in [0.15, 0.2) is 0 Å². The largest absolute Gasteiger partial charge is 0.298 e. The highest BCUT2D eigenvalue weighted by Crippen LogP contribution is 2.33. The molecule has 0 amide bonds. The first-order valence-corrected chi connectivity index (χ1v) is 13.2. The number of nitrogens with one attached hydrogen (secondary N) is 1. The summed E-state index contributed by atoms with van der Waals surface area (Å²) in [5.74, 6) is 0.524. The van der Waals surface area contributed by atoms with Crippen molar-refractivity contribution in [2.45, 2.75) is 30.0 Å². The Labute approximate surface area is 191 Å². The predicted molar refractivity (Wildman–Crippen MR) is 125 cm³/mol. The standard InChI is InChI=1S/C23H26N4O3S2/c28-22-7-5-20(24-25-22)21-6-8-23(31-21)32(29,30)27-13-9-17(10-14-27)15-26-12-11-18-3-1-2-4-19(18)16-26/h1-8,17H,9-16H2,(H,25,28). The van der Waals surface area contributed by atoms with Crippen molar-refractivity contribution >= 4 is 21.4 Å². The lowest BCUT2D eigenvalue weighted by atomic mass is 9.94. The highest BCUT2D eigenvalue weighted by atomic mass is 32.2. The maximum Gasteiger partial charge on any atom is 0.264 e. The molecule has 0 atom stereocenters. The molecule has 5 rings (SSSR count). The minimum Gasteiger partial charge on any atom is -0.298 e. The van der Waals surface area contributed by atoms with Crippen molar-refractivity contribution in [3.63, 3.8) is 0 Å². The van der Waals surface area contributed by atoms with Crippen molar-refractivity contribution in [3.8, 4) is 10.6 Å². The third kappa shape index (κ3) is 4.43. The summed E-state index contributed by atoms with van der Waals surface area (Å²) in [6.45, 7) is 4.21. The van der Waals surface area contributed by atoms with E-state index in [1.807, 2.05) is 0 Å². The van der Waals surface area contributed by atoms with Gasteiger partial charge in [-0.15, -0.1) is 11.3 Å². The zero-order valence-corrected chi connectivity index (χ0v) is 19.4. The van der Waals surface area contributed by atoms with Gasteiger partial charge in [-0.1, -0.05) is 24.3 Å². The fourth-order valence-electron chi connectivity index (χ4n) is 4.61. The van der Waals surface area contributed by atoms with Crippen LogP contribution < -0.4 is 5.56 Å². The topological polar surface area (TPSA) is 86.4 Å². The van der Waals surface area contributed by atoms with Crippen LogP contribution >= 0.6 is 11.3 Å². The minimum atomic E-state index is -3.52. The number of H-pyrrole nitrogens is 1. The molecule has 168 valence electrons. The highest BCUT2D eigenvalue weighted by Gasteiger charge is 2.31. The second-order valence-electron chi connectivity index (χ2n) is 8.53. The molecule has 0 aliphatic carbocycles. The Hall–Kier alpha value is -2.33. The van der Waals surface area contributed by atoms with Crippen LogP contribution in [0.3, 0.4) is 0 Å². The van der Waals surface area contributed by atoms with Crippen LogP contribution in [0.15, 0.2) is 57.5 Å². The number of nitrogens with zero attached hydrogens (tertiary/aromatic N) is 3. The number of benzene rings is 1. The number of fused-ring (bicyclic) bond motifs is 1. The van der Waals surface area contributed by atoms with Gasteiger partial charge in [0.25, 0.3) is 15.6 Å². The van der Waals surface area contributed by atoms with Gasteiger partial charge in [0.05, 0.1) is 4.88 Å². The van der Waals surface area contributed by atoms with E-state index in [2.05, 4.69) is 39.4 Å². The van der Waals surface area contributed by atoms with E-state index in [1.54, 1.807) is 22.5 Å². The van der Waals surface area contributed by atoms with Crippen LogP contribution in [0.5, 0.6) is 0 Å². The number of aromatic amines is 1. The third-order valence-corrected chi connectivity index (χ3v) is 9.88. The Morgan fingerprint density at radius 1 is 1.00 bits per heavy atom. The molecule has 1 saturated heterocycles. The van der Waals surface area contributed by atoms with Crippen molar-refractivity contribution in [3.05, 3.63) is 70.0 Å². The average Bonchev–Trinajstić information content (AvgIpc) is 3.31. The summed E-state index contributed by atoms with van der Waals surface area (Å²) < 4.78 is 28.3. The summed E-state index contributed by atoms with van der Waals surface area (Å²) in [6, 6.07) is 15.0. The van der Waals surface area contributed by atoms with Gasteiger partial charge in [-0.2, -0.15) is 9.40 Å². The molecule has 7 nitrogen and oxygen atoms in total. The number of hydrogen-bond acceptors (Lipinski definition) is 6. The predicted octanol–water partition coefficient (Wildman–Crippen LogP) is 2.96. The van der Waals surface area contributed by atoms with Crippen LogP contribution in [0.1, 0.15) is 24.0 Å². The molecule has 0 unspecified atom stereocenters. The van der Waals surface area contributed by atoms with E-state index in [0.29, 0.717) is 28.9 Å². The quantitative estimate of drug-likeness (QED) is 0.620. The molecule has 4 heterocycles. The van der Waals surface area contributed by atoms with E-state index in [9.17, 15) is 13.2 Å². The number of hydrogen-bond donors (Lipinski definition) is 1. The van der Waals surface area contributed by atoms with Crippen molar-refractivity contribution in [1.82, 2.24) is 19.4 Å². The minimum absolute atomic E-state index is 0.283. The Morgan fingerprint density at radius 3 is 2.53 bits per heavy atom. The van der Waals surface area contributed by atoms with Crippen LogP contribution in [-0.2, 0) is 23.0 Å². The van der Waals surface area contributed by atoms with Gasteiger partial charge in [-0.3, -0.25) is 9.69 Å². The summed E-state index contributed by atoms with van der Waals surface area (Å²) in [6.07, 6.45) is 2.86. The van der Waals surface area contributed by atoms with Crippen LogP contribution in [-0.4, -0.2) is 54.0 Å². The lowest BCUT2D eigenvalue weighted by Crippen LogP contribution is -2.42. The molecule has 3 aromatic rings. The van der Waals surface area contributed by atoms with E-state index < -0.39 is 10.0 Å². The lowest BCUT2D eigenvalue weighted by Gasteiger charge is -2.36. The first-order valence-electron chi connectivity index (χ1n) is 10.9. The molecule has 2 aromatic heterocycles. The van der Waals surface area contributed by atoms with Crippen molar-refractivity contribution < 1.29 is 8.42 Å². The molecule has 32 heavy (non-hydrogen) atoms. The first kappa shape index (κ1) is 21.5. The molecule has 0 spiro atoms. The van der Waals surface area contributed by atoms with Crippen LogP contribution in [0.2, 0.25) is 0 Å². The molecule has 2 aliphatic rings. The summed E-state index contributed by atoms with van der Waals surface area (Å²) in [5.41, 5.74) is 3.16. The van der Waals surface area contributed by atoms with Gasteiger partial charge in [-0.25, -0.2) is 13.5 Å². The van der Waals surface area contributed by atoms with Crippen molar-refractivity contribution in [2.75, 3.05) is 26.2 Å².